The molecule has 1 aliphatic heterocycles. The molecule has 1 aliphatic rings. The van der Waals surface area contributed by atoms with Crippen molar-refractivity contribution in [1.29, 1.82) is 0 Å². The highest BCUT2D eigenvalue weighted by molar-refractivity contribution is 8.39. The molecule has 1 aromatic carbocycles. The minimum atomic E-state index is 1.14. The number of nitrogens with zero attached hydrogens (tertiary/aromatic N) is 1. The second-order valence-corrected chi connectivity index (χ2v) is 5.09. The Balaban J connectivity index is 2.31. The van der Waals surface area contributed by atoms with Gasteiger partial charge in [0.1, 0.15) is 4.38 Å². The summed E-state index contributed by atoms with van der Waals surface area (Å²) in [7, 11) is 0. The Morgan fingerprint density at radius 1 is 1.25 bits per heavy atom. The standard InChI is InChI=1S/C8H7NS3/c1-10-8-9-12-7-5-3-2-4-6(7)11-8/h2-5H,1H3. The van der Waals surface area contributed by atoms with Crippen LogP contribution in [0.5, 0.6) is 0 Å². The van der Waals surface area contributed by atoms with Gasteiger partial charge in [0.05, 0.1) is 0 Å². The summed E-state index contributed by atoms with van der Waals surface area (Å²) in [6, 6.07) is 8.35. The maximum atomic E-state index is 4.35. The molecule has 4 heteroatoms. The number of hydrogen-bond donors (Lipinski definition) is 0. The molecular weight excluding hydrogens is 206 g/mol. The summed E-state index contributed by atoms with van der Waals surface area (Å²) in [6.07, 6.45) is 2.06. The first-order valence-corrected chi connectivity index (χ1v) is 6.27. The van der Waals surface area contributed by atoms with Crippen molar-refractivity contribution in [3.05, 3.63) is 24.3 Å². The number of rotatable bonds is 0. The Morgan fingerprint density at radius 2 is 2.00 bits per heavy atom. The zero-order valence-electron chi connectivity index (χ0n) is 6.48. The molecule has 0 spiro atoms. The average molecular weight is 213 g/mol. The van der Waals surface area contributed by atoms with Crippen molar-refractivity contribution in [2.45, 2.75) is 9.79 Å². The van der Waals surface area contributed by atoms with Crippen LogP contribution in [0.3, 0.4) is 0 Å². The fraction of sp³-hybridized carbons (Fsp3) is 0.125. The van der Waals surface area contributed by atoms with Gasteiger partial charge in [-0.2, -0.15) is 4.40 Å². The largest absolute Gasteiger partial charge is 0.197 e. The van der Waals surface area contributed by atoms with Crippen LogP contribution >= 0.6 is 35.5 Å². The Morgan fingerprint density at radius 3 is 2.75 bits per heavy atom. The van der Waals surface area contributed by atoms with E-state index in [0.29, 0.717) is 0 Å². The van der Waals surface area contributed by atoms with Crippen LogP contribution in [-0.4, -0.2) is 10.6 Å². The summed E-state index contributed by atoms with van der Waals surface area (Å²) < 4.78 is 5.49. The summed E-state index contributed by atoms with van der Waals surface area (Å²) in [6.45, 7) is 0. The highest BCUT2D eigenvalue weighted by atomic mass is 32.2. The lowest BCUT2D eigenvalue weighted by molar-refractivity contribution is 1.25. The third kappa shape index (κ3) is 1.65. The van der Waals surface area contributed by atoms with E-state index in [2.05, 4.69) is 28.9 Å². The summed E-state index contributed by atoms with van der Waals surface area (Å²) in [5, 5.41) is 0. The third-order valence-corrected chi connectivity index (χ3v) is 4.66. The number of hydrogen-bond acceptors (Lipinski definition) is 4. The molecule has 2 rings (SSSR count). The first kappa shape index (κ1) is 8.53. The molecule has 0 amide bonds. The Labute approximate surface area is 84.6 Å². The predicted octanol–water partition coefficient (Wildman–Crippen LogP) is 3.52. The second kappa shape index (κ2) is 3.77. The molecule has 0 N–H and O–H groups in total. The van der Waals surface area contributed by atoms with E-state index in [-0.39, 0.29) is 0 Å². The van der Waals surface area contributed by atoms with Crippen molar-refractivity contribution in [1.82, 2.24) is 0 Å². The Kier molecular flexibility index (Phi) is 2.68. The molecule has 0 aliphatic carbocycles. The van der Waals surface area contributed by atoms with E-state index in [9.17, 15) is 0 Å². The fourth-order valence-electron chi connectivity index (χ4n) is 0.888. The van der Waals surface area contributed by atoms with Gasteiger partial charge in [-0.15, -0.1) is 11.8 Å². The lowest BCUT2D eigenvalue weighted by atomic mass is 10.4. The van der Waals surface area contributed by atoms with Gasteiger partial charge in [0.15, 0.2) is 0 Å². The summed E-state index contributed by atoms with van der Waals surface area (Å²) in [4.78, 5) is 2.59. The van der Waals surface area contributed by atoms with Crippen molar-refractivity contribution in [2.24, 2.45) is 4.40 Å². The van der Waals surface area contributed by atoms with Crippen molar-refractivity contribution in [3.8, 4) is 0 Å². The molecule has 0 saturated carbocycles. The molecule has 1 heterocycles. The highest BCUT2D eigenvalue weighted by Crippen LogP contribution is 2.39. The van der Waals surface area contributed by atoms with Gasteiger partial charge >= 0.3 is 0 Å². The van der Waals surface area contributed by atoms with Gasteiger partial charge in [0.2, 0.25) is 0 Å². The Hall–Kier alpha value is -0.0600. The molecule has 0 aromatic heterocycles. The van der Waals surface area contributed by atoms with Gasteiger partial charge in [-0.25, -0.2) is 0 Å². The molecule has 0 bridgehead atoms. The fourth-order valence-corrected chi connectivity index (χ4v) is 3.37. The Bertz CT molecular complexity index is 322. The number of thioether (sulfide) groups is 2. The minimum Gasteiger partial charge on any atom is -0.197 e. The molecule has 0 atom stereocenters. The van der Waals surface area contributed by atoms with Gasteiger partial charge in [-0.05, 0) is 18.4 Å². The molecule has 1 nitrogen and oxygen atoms in total. The molecule has 0 saturated heterocycles. The zero-order chi connectivity index (χ0) is 8.39. The van der Waals surface area contributed by atoms with E-state index in [1.807, 2.05) is 6.07 Å². The van der Waals surface area contributed by atoms with Gasteiger partial charge in [-0.3, -0.25) is 0 Å². The van der Waals surface area contributed by atoms with Crippen LogP contribution < -0.4 is 0 Å². The van der Waals surface area contributed by atoms with E-state index in [0.717, 1.165) is 4.38 Å². The minimum absolute atomic E-state index is 1.14. The van der Waals surface area contributed by atoms with Crippen LogP contribution in [0.25, 0.3) is 0 Å². The van der Waals surface area contributed by atoms with E-state index in [1.165, 1.54) is 9.79 Å². The van der Waals surface area contributed by atoms with Crippen LogP contribution in [0.2, 0.25) is 0 Å². The quantitative estimate of drug-likeness (QED) is 0.612. The van der Waals surface area contributed by atoms with Gasteiger partial charge in [0.25, 0.3) is 0 Å². The molecule has 0 radical (unpaired) electrons. The van der Waals surface area contributed by atoms with Gasteiger partial charge < -0.3 is 0 Å². The third-order valence-electron chi connectivity index (χ3n) is 1.44. The van der Waals surface area contributed by atoms with E-state index >= 15 is 0 Å². The van der Waals surface area contributed by atoms with E-state index in [1.54, 1.807) is 35.5 Å². The van der Waals surface area contributed by atoms with Crippen LogP contribution in [0.1, 0.15) is 0 Å². The summed E-state index contributed by atoms with van der Waals surface area (Å²) in [5.74, 6) is 0. The molecule has 62 valence electrons. The van der Waals surface area contributed by atoms with Crippen molar-refractivity contribution >= 4 is 39.8 Å². The summed E-state index contributed by atoms with van der Waals surface area (Å²) >= 11 is 5.02. The normalized spacial score (nSPS) is 15.2. The topological polar surface area (TPSA) is 12.4 Å². The molecule has 0 fully saturated rings. The number of fused-ring (bicyclic) bond motifs is 1. The van der Waals surface area contributed by atoms with E-state index < -0.39 is 0 Å². The van der Waals surface area contributed by atoms with Crippen LogP contribution in [-0.2, 0) is 0 Å². The zero-order valence-corrected chi connectivity index (χ0v) is 8.93. The smallest absolute Gasteiger partial charge is 0.143 e. The maximum absolute atomic E-state index is 4.35. The van der Waals surface area contributed by atoms with Crippen molar-refractivity contribution in [2.75, 3.05) is 6.26 Å². The number of benzene rings is 1. The van der Waals surface area contributed by atoms with Crippen molar-refractivity contribution in [3.63, 3.8) is 0 Å². The van der Waals surface area contributed by atoms with Crippen LogP contribution in [0, 0.1) is 0 Å². The predicted molar refractivity (Wildman–Crippen MR) is 59.1 cm³/mol. The van der Waals surface area contributed by atoms with Crippen LogP contribution in [0.15, 0.2) is 38.5 Å². The monoisotopic (exact) mass is 213 g/mol. The molecule has 12 heavy (non-hydrogen) atoms. The molecular formula is C8H7NS3. The molecule has 0 unspecified atom stereocenters. The van der Waals surface area contributed by atoms with Gasteiger partial charge in [-0.1, -0.05) is 23.9 Å². The van der Waals surface area contributed by atoms with E-state index in [4.69, 9.17) is 0 Å². The average Bonchev–Trinajstić information content (AvgIpc) is 2.17. The highest BCUT2D eigenvalue weighted by Gasteiger charge is 2.11. The first-order valence-electron chi connectivity index (χ1n) is 3.46. The molecule has 1 aromatic rings. The summed E-state index contributed by atoms with van der Waals surface area (Å²) in [5.41, 5.74) is 0. The lowest BCUT2D eigenvalue weighted by Gasteiger charge is -2.11. The maximum Gasteiger partial charge on any atom is 0.143 e. The second-order valence-electron chi connectivity index (χ2n) is 2.20. The van der Waals surface area contributed by atoms with Crippen molar-refractivity contribution < 1.29 is 0 Å². The lowest BCUT2D eigenvalue weighted by Crippen LogP contribution is -1.89. The SMILES string of the molecule is CSC1=NSc2ccccc2S1. The van der Waals surface area contributed by atoms with Crippen LogP contribution in [0.4, 0.5) is 0 Å². The van der Waals surface area contributed by atoms with Gasteiger partial charge in [0, 0.05) is 21.7 Å². The first-order chi connectivity index (χ1) is 5.90.